The summed E-state index contributed by atoms with van der Waals surface area (Å²) in [5.41, 5.74) is 7.99. The number of nitrogens with two attached hydrogens (primary N) is 1. The number of esters is 1. The average molecular weight is 514 g/mol. The first-order chi connectivity index (χ1) is 16.9. The Morgan fingerprint density at radius 3 is 2.46 bits per heavy atom. The maximum atomic E-state index is 13.7. The summed E-state index contributed by atoms with van der Waals surface area (Å²) >= 11 is 12.6. The van der Waals surface area contributed by atoms with E-state index in [1.165, 1.54) is 37.6 Å². The summed E-state index contributed by atoms with van der Waals surface area (Å²) in [6.07, 6.45) is 6.51. The number of amides is 1. The molecule has 35 heavy (non-hydrogen) atoms. The maximum Gasteiger partial charge on any atom is 0.339 e. The molecule has 1 aliphatic carbocycles. The first-order valence-corrected chi connectivity index (χ1v) is 11.8. The molecule has 0 atom stereocenters. The second-order valence-corrected chi connectivity index (χ2v) is 8.89. The molecule has 1 aliphatic heterocycles. The number of nitrogens with zero attached hydrogens (tertiary/aromatic N) is 2. The van der Waals surface area contributed by atoms with E-state index in [0.717, 1.165) is 30.8 Å². The predicted molar refractivity (Wildman–Crippen MR) is 138 cm³/mol. The molecule has 9 heteroatoms. The van der Waals surface area contributed by atoms with E-state index in [4.69, 9.17) is 38.4 Å². The van der Waals surface area contributed by atoms with E-state index >= 15 is 0 Å². The molecule has 7 nitrogen and oxygen atoms in total. The fraction of sp³-hybridized carbons (Fsp3) is 0.231. The topological polar surface area (TPSA) is 85.1 Å². The minimum atomic E-state index is -0.632. The zero-order valence-electron chi connectivity index (χ0n) is 19.2. The van der Waals surface area contributed by atoms with Crippen LogP contribution in [-0.2, 0) is 9.53 Å². The second-order valence-electron chi connectivity index (χ2n) is 8.07. The fourth-order valence-electron chi connectivity index (χ4n) is 4.04. The highest BCUT2D eigenvalue weighted by Gasteiger charge is 2.36. The molecule has 1 fully saturated rings. The van der Waals surface area contributed by atoms with Crippen molar-refractivity contribution in [2.45, 2.75) is 18.9 Å². The summed E-state index contributed by atoms with van der Waals surface area (Å²) in [5, 5.41) is 0.195. The Balaban J connectivity index is 1.64. The lowest BCUT2D eigenvalue weighted by atomic mass is 10.1. The highest BCUT2D eigenvalue weighted by Crippen LogP contribution is 2.41. The quantitative estimate of drug-likeness (QED) is 0.240. The molecule has 0 saturated heterocycles. The van der Waals surface area contributed by atoms with Crippen molar-refractivity contribution in [1.29, 1.82) is 0 Å². The summed E-state index contributed by atoms with van der Waals surface area (Å²) < 4.78 is 10.7. The minimum absolute atomic E-state index is 0.0870. The van der Waals surface area contributed by atoms with Gasteiger partial charge in [-0.05, 0) is 37.1 Å². The number of hydrogen-bond donors (Lipinski definition) is 1. The van der Waals surface area contributed by atoms with E-state index in [2.05, 4.69) is 11.5 Å². The SMILES string of the molecule is C=C/C=C(Oc1cc(Cl)c(C(=O)OC)cc1Cl)\C(=C/N)C(=O)N1CCN(C2CC2)c2ccccc21. The Hall–Kier alpha value is -3.42. The standard InChI is InChI=1S/C26H25Cl2N3O4/c1-3-6-23(35-24-14-19(27)17(13-20(24)28)26(33)34-2)18(15-29)25(32)31-12-11-30(16-9-10-16)21-7-4-5-8-22(21)31/h3-8,13-16H,1,9-12,29H2,2H3/b18-15+,23-6+. The molecule has 0 aromatic heterocycles. The van der Waals surface area contributed by atoms with E-state index in [9.17, 15) is 9.59 Å². The number of carbonyl (C=O) groups is 2. The average Bonchev–Trinajstić information content (AvgIpc) is 3.70. The first-order valence-electron chi connectivity index (χ1n) is 11.1. The summed E-state index contributed by atoms with van der Waals surface area (Å²) in [6.45, 7) is 4.95. The zero-order chi connectivity index (χ0) is 25.1. The van der Waals surface area contributed by atoms with Gasteiger partial charge >= 0.3 is 5.97 Å². The first kappa shape index (κ1) is 24.7. The van der Waals surface area contributed by atoms with Crippen molar-refractivity contribution >= 4 is 46.5 Å². The van der Waals surface area contributed by atoms with Crippen molar-refractivity contribution in [1.82, 2.24) is 0 Å². The second kappa shape index (κ2) is 10.5. The highest BCUT2D eigenvalue weighted by atomic mass is 35.5. The predicted octanol–water partition coefficient (Wildman–Crippen LogP) is 5.09. The molecule has 2 aliphatic rings. The number of benzene rings is 2. The summed E-state index contributed by atoms with van der Waals surface area (Å²) in [7, 11) is 1.24. The number of halogens is 2. The van der Waals surface area contributed by atoms with E-state index in [1.807, 2.05) is 24.3 Å². The Morgan fingerprint density at radius 1 is 1.11 bits per heavy atom. The lowest BCUT2D eigenvalue weighted by Crippen LogP contribution is -2.45. The molecule has 1 saturated carbocycles. The van der Waals surface area contributed by atoms with Crippen LogP contribution in [0.4, 0.5) is 11.4 Å². The number of carbonyl (C=O) groups excluding carboxylic acids is 2. The molecule has 1 heterocycles. The zero-order valence-corrected chi connectivity index (χ0v) is 20.7. The molecule has 0 spiro atoms. The van der Waals surface area contributed by atoms with Gasteiger partial charge in [0.05, 0.1) is 39.7 Å². The van der Waals surface area contributed by atoms with Gasteiger partial charge in [0, 0.05) is 31.4 Å². The van der Waals surface area contributed by atoms with Gasteiger partial charge in [0.15, 0.2) is 0 Å². The fourth-order valence-corrected chi connectivity index (χ4v) is 4.48. The molecule has 2 aromatic carbocycles. The van der Waals surface area contributed by atoms with Gasteiger partial charge in [-0.1, -0.05) is 48.0 Å². The monoisotopic (exact) mass is 513 g/mol. The van der Waals surface area contributed by atoms with Crippen molar-refractivity contribution in [3.63, 3.8) is 0 Å². The van der Waals surface area contributed by atoms with E-state index in [-0.39, 0.29) is 38.6 Å². The van der Waals surface area contributed by atoms with Gasteiger partial charge in [-0.15, -0.1) is 0 Å². The summed E-state index contributed by atoms with van der Waals surface area (Å²) in [5.74, 6) is -0.675. The van der Waals surface area contributed by atoms with E-state index in [1.54, 1.807) is 4.90 Å². The van der Waals surface area contributed by atoms with Crippen molar-refractivity contribution in [3.05, 3.63) is 88.3 Å². The third-order valence-electron chi connectivity index (χ3n) is 5.86. The van der Waals surface area contributed by atoms with Crippen molar-refractivity contribution in [2.75, 3.05) is 30.0 Å². The summed E-state index contributed by atoms with van der Waals surface area (Å²) in [6, 6.07) is 11.1. The van der Waals surface area contributed by atoms with Crippen LogP contribution in [0.5, 0.6) is 5.75 Å². The highest BCUT2D eigenvalue weighted by molar-refractivity contribution is 6.36. The van der Waals surface area contributed by atoms with Gasteiger partial charge in [-0.2, -0.15) is 0 Å². The van der Waals surface area contributed by atoms with Crippen molar-refractivity contribution in [2.24, 2.45) is 5.73 Å². The third kappa shape index (κ3) is 5.01. The number of methoxy groups -OCH3 is 1. The number of anilines is 2. The van der Waals surface area contributed by atoms with Crippen LogP contribution in [0.3, 0.4) is 0 Å². The molecule has 0 bridgehead atoms. The molecule has 2 aromatic rings. The van der Waals surface area contributed by atoms with Crippen LogP contribution in [0, 0.1) is 0 Å². The van der Waals surface area contributed by atoms with Gasteiger partial charge in [0.1, 0.15) is 11.5 Å². The Labute approximate surface area is 214 Å². The van der Waals surface area contributed by atoms with Crippen LogP contribution in [0.2, 0.25) is 10.0 Å². The van der Waals surface area contributed by atoms with Gasteiger partial charge < -0.3 is 25.0 Å². The number of ether oxygens (including phenoxy) is 2. The van der Waals surface area contributed by atoms with Crippen LogP contribution < -0.4 is 20.3 Å². The van der Waals surface area contributed by atoms with Crippen molar-refractivity contribution in [3.8, 4) is 5.75 Å². The van der Waals surface area contributed by atoms with E-state index < -0.39 is 5.97 Å². The maximum absolute atomic E-state index is 13.7. The molecule has 2 N–H and O–H groups in total. The number of para-hydroxylation sites is 2. The van der Waals surface area contributed by atoms with Gasteiger partial charge in [-0.25, -0.2) is 4.79 Å². The van der Waals surface area contributed by atoms with Crippen LogP contribution in [-0.4, -0.2) is 38.1 Å². The van der Waals surface area contributed by atoms with Gasteiger partial charge in [0.25, 0.3) is 5.91 Å². The third-order valence-corrected chi connectivity index (χ3v) is 6.47. The molecular weight excluding hydrogens is 489 g/mol. The van der Waals surface area contributed by atoms with Gasteiger partial charge in [0.2, 0.25) is 0 Å². The smallest absolute Gasteiger partial charge is 0.339 e. The number of hydrogen-bond acceptors (Lipinski definition) is 6. The molecule has 0 unspecified atom stereocenters. The molecule has 1 amide bonds. The number of fused-ring (bicyclic) bond motifs is 1. The Morgan fingerprint density at radius 2 is 1.83 bits per heavy atom. The van der Waals surface area contributed by atoms with Gasteiger partial charge in [-0.3, -0.25) is 4.79 Å². The van der Waals surface area contributed by atoms with Crippen LogP contribution in [0.15, 0.2) is 72.7 Å². The Bertz CT molecular complexity index is 1240. The lowest BCUT2D eigenvalue weighted by Gasteiger charge is -2.38. The molecule has 4 rings (SSSR count). The normalized spacial score (nSPS) is 16.0. The van der Waals surface area contributed by atoms with Crippen LogP contribution in [0.25, 0.3) is 0 Å². The molecule has 182 valence electrons. The molecular formula is C26H25Cl2N3O4. The largest absolute Gasteiger partial charge is 0.465 e. The Kier molecular flexibility index (Phi) is 7.38. The van der Waals surface area contributed by atoms with Crippen LogP contribution in [0.1, 0.15) is 23.2 Å². The number of rotatable bonds is 7. The van der Waals surface area contributed by atoms with Crippen molar-refractivity contribution < 1.29 is 19.1 Å². The minimum Gasteiger partial charge on any atom is -0.465 e. The number of allylic oxidation sites excluding steroid dienone is 2. The van der Waals surface area contributed by atoms with Crippen LogP contribution >= 0.6 is 23.2 Å². The lowest BCUT2D eigenvalue weighted by molar-refractivity contribution is -0.115. The van der Waals surface area contributed by atoms with E-state index in [0.29, 0.717) is 12.6 Å². The summed E-state index contributed by atoms with van der Waals surface area (Å²) in [4.78, 5) is 29.7. The molecule has 0 radical (unpaired) electrons.